The van der Waals surface area contributed by atoms with Crippen LogP contribution in [0.2, 0.25) is 0 Å². The molecule has 0 saturated heterocycles. The molecule has 0 atom stereocenters. The van der Waals surface area contributed by atoms with Crippen LogP contribution in [0.25, 0.3) is 0 Å². The van der Waals surface area contributed by atoms with Gasteiger partial charge in [-0.3, -0.25) is 9.48 Å². The molecule has 2 aromatic rings. The molecule has 2 rings (SSSR count). The van der Waals surface area contributed by atoms with Gasteiger partial charge in [0.15, 0.2) is 5.78 Å². The van der Waals surface area contributed by atoms with Gasteiger partial charge in [0.25, 0.3) is 0 Å². The van der Waals surface area contributed by atoms with Crippen LogP contribution < -0.4 is 4.90 Å². The largest absolute Gasteiger partial charge is 0.378 e. The van der Waals surface area contributed by atoms with E-state index >= 15 is 0 Å². The summed E-state index contributed by atoms with van der Waals surface area (Å²) in [6.07, 6.45) is 1.19. The molecule has 0 fully saturated rings. The number of rotatable bonds is 5. The van der Waals surface area contributed by atoms with Crippen LogP contribution in [0.5, 0.6) is 0 Å². The molecule has 0 spiro atoms. The van der Waals surface area contributed by atoms with Crippen LogP contribution in [0.1, 0.15) is 28.7 Å². The number of nitrogens with zero attached hydrogens (tertiary/aromatic N) is 3. The van der Waals surface area contributed by atoms with Crippen LogP contribution in [0, 0.1) is 0 Å². The molecular formula is C16H20BrN3O. The zero-order valence-corrected chi connectivity index (χ0v) is 14.4. The smallest absolute Gasteiger partial charge is 0.168 e. The highest BCUT2D eigenvalue weighted by Crippen LogP contribution is 2.23. The highest BCUT2D eigenvalue weighted by Gasteiger charge is 2.17. The standard InChI is InChI=1S/C16H20BrN3O/c1-5-13-16(17)14(20(4)18-13)10-15(21)11-7-6-8-12(9-11)19(2)3/h6-9H,5,10H2,1-4H3. The van der Waals surface area contributed by atoms with E-state index in [2.05, 4.69) is 28.0 Å². The third kappa shape index (κ3) is 3.35. The Bertz CT molecular complexity index is 662. The van der Waals surface area contributed by atoms with Crippen LogP contribution in [0.3, 0.4) is 0 Å². The van der Waals surface area contributed by atoms with Gasteiger partial charge in [0.2, 0.25) is 0 Å². The lowest BCUT2D eigenvalue weighted by Crippen LogP contribution is -2.11. The van der Waals surface area contributed by atoms with Crippen molar-refractivity contribution in [3.63, 3.8) is 0 Å². The maximum atomic E-state index is 12.5. The first-order valence-corrected chi connectivity index (χ1v) is 7.74. The number of hydrogen-bond acceptors (Lipinski definition) is 3. The minimum absolute atomic E-state index is 0.102. The van der Waals surface area contributed by atoms with E-state index in [0.29, 0.717) is 6.42 Å². The minimum atomic E-state index is 0.102. The van der Waals surface area contributed by atoms with Crippen molar-refractivity contribution in [1.29, 1.82) is 0 Å². The maximum absolute atomic E-state index is 12.5. The molecular weight excluding hydrogens is 330 g/mol. The average Bonchev–Trinajstić information content (AvgIpc) is 2.74. The Morgan fingerprint density at radius 2 is 2.10 bits per heavy atom. The molecule has 0 aliphatic heterocycles. The molecule has 0 unspecified atom stereocenters. The quantitative estimate of drug-likeness (QED) is 0.777. The molecule has 0 radical (unpaired) electrons. The normalized spacial score (nSPS) is 10.7. The second kappa shape index (κ2) is 6.43. The van der Waals surface area contributed by atoms with E-state index in [1.54, 1.807) is 4.68 Å². The molecule has 0 amide bonds. The maximum Gasteiger partial charge on any atom is 0.168 e. The second-order valence-corrected chi connectivity index (χ2v) is 6.02. The number of halogens is 1. The van der Waals surface area contributed by atoms with E-state index in [1.165, 1.54) is 0 Å². The zero-order valence-electron chi connectivity index (χ0n) is 12.9. The Kier molecular flexibility index (Phi) is 4.83. The fourth-order valence-electron chi connectivity index (χ4n) is 2.22. The Morgan fingerprint density at radius 3 is 2.67 bits per heavy atom. The first-order chi connectivity index (χ1) is 9.93. The molecule has 4 nitrogen and oxygen atoms in total. The number of Topliss-reactive ketones (excluding diaryl/α,β-unsaturated/α-hetero) is 1. The molecule has 0 aliphatic rings. The lowest BCUT2D eigenvalue weighted by Gasteiger charge is -2.13. The van der Waals surface area contributed by atoms with Crippen molar-refractivity contribution in [2.24, 2.45) is 7.05 Å². The monoisotopic (exact) mass is 349 g/mol. The van der Waals surface area contributed by atoms with E-state index in [4.69, 9.17) is 0 Å². The second-order valence-electron chi connectivity index (χ2n) is 5.23. The lowest BCUT2D eigenvalue weighted by atomic mass is 10.1. The summed E-state index contributed by atoms with van der Waals surface area (Å²) < 4.78 is 2.74. The van der Waals surface area contributed by atoms with Gasteiger partial charge in [0.1, 0.15) is 0 Å². The van der Waals surface area contributed by atoms with Gasteiger partial charge in [0.05, 0.1) is 22.3 Å². The van der Waals surface area contributed by atoms with E-state index < -0.39 is 0 Å². The van der Waals surface area contributed by atoms with E-state index in [-0.39, 0.29) is 5.78 Å². The van der Waals surface area contributed by atoms with Crippen molar-refractivity contribution in [2.45, 2.75) is 19.8 Å². The first-order valence-electron chi connectivity index (χ1n) is 6.94. The number of carbonyl (C=O) groups is 1. The number of anilines is 1. The zero-order chi connectivity index (χ0) is 15.6. The van der Waals surface area contributed by atoms with Gasteiger partial charge in [-0.2, -0.15) is 5.10 Å². The van der Waals surface area contributed by atoms with Crippen LogP contribution in [0.4, 0.5) is 5.69 Å². The number of hydrogen-bond donors (Lipinski definition) is 0. The van der Waals surface area contributed by atoms with E-state index in [9.17, 15) is 4.79 Å². The minimum Gasteiger partial charge on any atom is -0.378 e. The van der Waals surface area contributed by atoms with Gasteiger partial charge in [-0.1, -0.05) is 19.1 Å². The summed E-state index contributed by atoms with van der Waals surface area (Å²) in [5.41, 5.74) is 3.67. The fraction of sp³-hybridized carbons (Fsp3) is 0.375. The molecule has 0 bridgehead atoms. The van der Waals surface area contributed by atoms with E-state index in [1.807, 2.05) is 50.3 Å². The van der Waals surface area contributed by atoms with Gasteiger partial charge < -0.3 is 4.90 Å². The number of ketones is 1. The molecule has 1 heterocycles. The first kappa shape index (κ1) is 15.8. The van der Waals surface area contributed by atoms with Crippen molar-refractivity contribution in [2.75, 3.05) is 19.0 Å². The summed E-state index contributed by atoms with van der Waals surface area (Å²) >= 11 is 3.56. The van der Waals surface area contributed by atoms with Crippen molar-refractivity contribution in [3.05, 3.63) is 45.7 Å². The highest BCUT2D eigenvalue weighted by atomic mass is 79.9. The summed E-state index contributed by atoms with van der Waals surface area (Å²) in [6, 6.07) is 7.69. The Hall–Kier alpha value is -1.62. The summed E-state index contributed by atoms with van der Waals surface area (Å²) in [4.78, 5) is 14.5. The van der Waals surface area contributed by atoms with Crippen LogP contribution in [0.15, 0.2) is 28.7 Å². The number of aromatic nitrogens is 2. The Morgan fingerprint density at radius 1 is 1.38 bits per heavy atom. The van der Waals surface area contributed by atoms with Crippen LogP contribution in [-0.2, 0) is 19.9 Å². The van der Waals surface area contributed by atoms with Gasteiger partial charge in [-0.15, -0.1) is 0 Å². The van der Waals surface area contributed by atoms with E-state index in [0.717, 1.165) is 33.5 Å². The highest BCUT2D eigenvalue weighted by molar-refractivity contribution is 9.10. The Balaban J connectivity index is 2.26. The van der Waals surface area contributed by atoms with Crippen LogP contribution in [-0.4, -0.2) is 29.7 Å². The Labute approximate surface area is 133 Å². The van der Waals surface area contributed by atoms with Gasteiger partial charge in [-0.05, 0) is 34.5 Å². The summed E-state index contributed by atoms with van der Waals surface area (Å²) in [5, 5.41) is 4.43. The molecule has 0 N–H and O–H groups in total. The lowest BCUT2D eigenvalue weighted by molar-refractivity contribution is 0.0990. The molecule has 1 aromatic heterocycles. The fourth-order valence-corrected chi connectivity index (χ4v) is 2.98. The summed E-state index contributed by atoms with van der Waals surface area (Å²) in [6.45, 7) is 2.05. The molecule has 1 aromatic carbocycles. The summed E-state index contributed by atoms with van der Waals surface area (Å²) in [7, 11) is 5.81. The SMILES string of the molecule is CCc1nn(C)c(CC(=O)c2cccc(N(C)C)c2)c1Br. The van der Waals surface area contributed by atoms with Crippen molar-refractivity contribution in [3.8, 4) is 0 Å². The van der Waals surface area contributed by atoms with Gasteiger partial charge in [0, 0.05) is 32.4 Å². The number of carbonyl (C=O) groups excluding carboxylic acids is 1. The molecule has 112 valence electrons. The molecule has 5 heteroatoms. The topological polar surface area (TPSA) is 38.1 Å². The third-order valence-electron chi connectivity index (χ3n) is 3.52. The van der Waals surface area contributed by atoms with Gasteiger partial charge in [-0.25, -0.2) is 0 Å². The van der Waals surface area contributed by atoms with Crippen molar-refractivity contribution < 1.29 is 4.79 Å². The van der Waals surface area contributed by atoms with Crippen molar-refractivity contribution in [1.82, 2.24) is 9.78 Å². The number of aryl methyl sites for hydroxylation is 2. The molecule has 0 aliphatic carbocycles. The summed E-state index contributed by atoms with van der Waals surface area (Å²) in [5.74, 6) is 0.102. The van der Waals surface area contributed by atoms with Gasteiger partial charge >= 0.3 is 0 Å². The average molecular weight is 350 g/mol. The van der Waals surface area contributed by atoms with Crippen molar-refractivity contribution >= 4 is 27.4 Å². The molecule has 21 heavy (non-hydrogen) atoms. The third-order valence-corrected chi connectivity index (χ3v) is 4.43. The predicted molar refractivity (Wildman–Crippen MR) is 89.1 cm³/mol. The molecule has 0 saturated carbocycles. The predicted octanol–water partition coefficient (Wildman–Crippen LogP) is 3.24. The van der Waals surface area contributed by atoms with Crippen LogP contribution >= 0.6 is 15.9 Å². The number of benzene rings is 1.